The van der Waals surface area contributed by atoms with Crippen LogP contribution in [0.15, 0.2) is 36.5 Å². The van der Waals surface area contributed by atoms with E-state index in [1.807, 2.05) is 6.08 Å². The lowest BCUT2D eigenvalue weighted by molar-refractivity contribution is -0.123. The molecule has 0 spiro atoms. The number of aliphatic hydroxyl groups excluding tert-OH is 1. The molecule has 3 unspecified atom stereocenters. The number of nitrogens with one attached hydrogen (secondary N) is 1. The van der Waals surface area contributed by atoms with Crippen LogP contribution in [0.25, 0.3) is 0 Å². The molecule has 0 fully saturated rings. The highest BCUT2D eigenvalue weighted by molar-refractivity contribution is 7.47. The van der Waals surface area contributed by atoms with Crippen molar-refractivity contribution in [2.24, 2.45) is 5.73 Å². The van der Waals surface area contributed by atoms with Crippen molar-refractivity contribution in [2.75, 3.05) is 19.8 Å². The predicted octanol–water partition coefficient (Wildman–Crippen LogP) is 11.6. The molecule has 0 saturated carbocycles. The fraction of sp³-hybridized carbons (Fsp3) is 0.833. The van der Waals surface area contributed by atoms with Crippen LogP contribution in [-0.4, -0.2) is 47.8 Å². The molecule has 1 amide bonds. The monoisotopic (exact) mass is 741 g/mol. The Morgan fingerprint density at radius 1 is 0.627 bits per heavy atom. The average Bonchev–Trinajstić information content (AvgIpc) is 3.12. The number of carbonyl (C=O) groups excluding carboxylic acids is 1. The van der Waals surface area contributed by atoms with Crippen LogP contribution < -0.4 is 11.1 Å². The minimum atomic E-state index is -4.34. The van der Waals surface area contributed by atoms with E-state index in [-0.39, 0.29) is 25.7 Å². The van der Waals surface area contributed by atoms with Gasteiger partial charge in [0.15, 0.2) is 0 Å². The minimum Gasteiger partial charge on any atom is -0.387 e. The van der Waals surface area contributed by atoms with E-state index < -0.39 is 20.0 Å². The second-order valence-electron chi connectivity index (χ2n) is 14.2. The van der Waals surface area contributed by atoms with Gasteiger partial charge < -0.3 is 21.1 Å². The SMILES string of the molecule is CCCCCCCC/C=C\CCCCCCCCCC(=O)NC(COP(=O)(O)OCCN)C(O)/C=C/CC/C=C/CCCCCCCCCCC. The molecule has 0 aliphatic heterocycles. The highest BCUT2D eigenvalue weighted by atomic mass is 31.2. The van der Waals surface area contributed by atoms with Crippen molar-refractivity contribution in [3.05, 3.63) is 36.5 Å². The molecule has 0 aromatic carbocycles. The van der Waals surface area contributed by atoms with Gasteiger partial charge in [-0.1, -0.05) is 166 Å². The summed E-state index contributed by atoms with van der Waals surface area (Å²) < 4.78 is 22.1. The lowest BCUT2D eigenvalue weighted by Gasteiger charge is -2.23. The van der Waals surface area contributed by atoms with Crippen molar-refractivity contribution < 1.29 is 28.4 Å². The van der Waals surface area contributed by atoms with Gasteiger partial charge in [-0.2, -0.15) is 0 Å². The Morgan fingerprint density at radius 3 is 1.51 bits per heavy atom. The molecule has 9 heteroatoms. The highest BCUT2D eigenvalue weighted by Gasteiger charge is 2.26. The first-order valence-electron chi connectivity index (χ1n) is 21.1. The normalized spacial score (nSPS) is 14.5. The van der Waals surface area contributed by atoms with Crippen molar-refractivity contribution in [2.45, 2.75) is 206 Å². The smallest absolute Gasteiger partial charge is 0.387 e. The Balaban J connectivity index is 4.29. The van der Waals surface area contributed by atoms with Gasteiger partial charge in [0, 0.05) is 13.0 Å². The molecule has 0 aliphatic carbocycles. The second kappa shape index (κ2) is 38.4. The third-order valence-electron chi connectivity index (χ3n) is 9.19. The molecule has 0 aromatic heterocycles. The Kier molecular flexibility index (Phi) is 37.5. The standard InChI is InChI=1S/C42H81N2O6P/c1-3-5-7-9-11-13-15-17-19-20-22-24-26-28-30-32-34-36-42(46)44-40(39-50-51(47,48)49-38-37-43)41(45)35-33-31-29-27-25-23-21-18-16-14-12-10-8-6-4-2/h17,19,25,27,33,35,40-41,45H,3-16,18,20-24,26,28-32,34,36-39,43H2,1-2H3,(H,44,46)(H,47,48)/b19-17-,27-25+,35-33+. The largest absolute Gasteiger partial charge is 0.472 e. The number of unbranched alkanes of at least 4 members (excludes halogenated alkanes) is 23. The molecule has 3 atom stereocenters. The van der Waals surface area contributed by atoms with Crippen LogP contribution in [0.2, 0.25) is 0 Å². The molecule has 300 valence electrons. The summed E-state index contributed by atoms with van der Waals surface area (Å²) in [4.78, 5) is 22.7. The summed E-state index contributed by atoms with van der Waals surface area (Å²) in [6, 6.07) is -0.877. The van der Waals surface area contributed by atoms with Gasteiger partial charge in [0.05, 0.1) is 25.4 Å². The van der Waals surface area contributed by atoms with E-state index in [0.29, 0.717) is 6.42 Å². The molecule has 0 aromatic rings. The molecule has 0 rings (SSSR count). The second-order valence-corrected chi connectivity index (χ2v) is 15.6. The molecule has 0 saturated heterocycles. The topological polar surface area (TPSA) is 131 Å². The number of hydrogen-bond donors (Lipinski definition) is 4. The molecule has 8 nitrogen and oxygen atoms in total. The molecule has 0 heterocycles. The molecule has 0 radical (unpaired) electrons. The van der Waals surface area contributed by atoms with Crippen molar-refractivity contribution in [3.63, 3.8) is 0 Å². The van der Waals surface area contributed by atoms with Crippen LogP contribution in [0.3, 0.4) is 0 Å². The molecule has 0 aliphatic rings. The van der Waals surface area contributed by atoms with Gasteiger partial charge in [-0.3, -0.25) is 13.8 Å². The fourth-order valence-electron chi connectivity index (χ4n) is 5.97. The van der Waals surface area contributed by atoms with Crippen molar-refractivity contribution in [3.8, 4) is 0 Å². The van der Waals surface area contributed by atoms with E-state index in [1.54, 1.807) is 6.08 Å². The quantitative estimate of drug-likeness (QED) is 0.0280. The first-order valence-corrected chi connectivity index (χ1v) is 22.6. The van der Waals surface area contributed by atoms with Gasteiger partial charge in [-0.25, -0.2) is 4.57 Å². The van der Waals surface area contributed by atoms with E-state index in [4.69, 9.17) is 14.8 Å². The Bertz CT molecular complexity index is 897. The molecule has 51 heavy (non-hydrogen) atoms. The van der Waals surface area contributed by atoms with E-state index in [2.05, 4.69) is 43.5 Å². The molecule has 5 N–H and O–H groups in total. The molecular weight excluding hydrogens is 659 g/mol. The van der Waals surface area contributed by atoms with Crippen LogP contribution in [0.1, 0.15) is 194 Å². The number of nitrogens with two attached hydrogens (primary N) is 1. The number of amides is 1. The molecule has 0 bridgehead atoms. The number of hydrogen-bond acceptors (Lipinski definition) is 6. The van der Waals surface area contributed by atoms with Crippen molar-refractivity contribution >= 4 is 13.7 Å². The number of aliphatic hydroxyl groups is 1. The third-order valence-corrected chi connectivity index (χ3v) is 10.2. The first kappa shape index (κ1) is 49.7. The van der Waals surface area contributed by atoms with Gasteiger partial charge in [-0.05, 0) is 57.8 Å². The summed E-state index contributed by atoms with van der Waals surface area (Å²) in [6.07, 6.45) is 44.8. The maximum absolute atomic E-state index is 12.7. The first-order chi connectivity index (χ1) is 24.9. The number of phosphoric acid groups is 1. The summed E-state index contributed by atoms with van der Waals surface area (Å²) in [5.74, 6) is -0.209. The van der Waals surface area contributed by atoms with Gasteiger partial charge in [0.25, 0.3) is 0 Å². The summed E-state index contributed by atoms with van der Waals surface area (Å²) in [7, 11) is -4.34. The van der Waals surface area contributed by atoms with Crippen LogP contribution in [0.5, 0.6) is 0 Å². The summed E-state index contributed by atoms with van der Waals surface area (Å²) >= 11 is 0. The van der Waals surface area contributed by atoms with Crippen LogP contribution in [0, 0.1) is 0 Å². The number of rotatable bonds is 39. The molecular formula is C42H81N2O6P. The van der Waals surface area contributed by atoms with Gasteiger partial charge >= 0.3 is 7.82 Å². The Labute approximate surface area is 314 Å². The fourth-order valence-corrected chi connectivity index (χ4v) is 6.72. The Morgan fingerprint density at radius 2 is 1.04 bits per heavy atom. The maximum Gasteiger partial charge on any atom is 0.472 e. The highest BCUT2D eigenvalue weighted by Crippen LogP contribution is 2.43. The zero-order chi connectivity index (χ0) is 37.5. The van der Waals surface area contributed by atoms with E-state index in [1.165, 1.54) is 135 Å². The van der Waals surface area contributed by atoms with Crippen molar-refractivity contribution in [1.82, 2.24) is 5.32 Å². The lowest BCUT2D eigenvalue weighted by atomic mass is 10.1. The lowest BCUT2D eigenvalue weighted by Crippen LogP contribution is -2.45. The van der Waals surface area contributed by atoms with E-state index in [9.17, 15) is 19.4 Å². The third kappa shape index (κ3) is 36.9. The van der Waals surface area contributed by atoms with Crippen LogP contribution in [0.4, 0.5) is 0 Å². The zero-order valence-electron chi connectivity index (χ0n) is 33.1. The van der Waals surface area contributed by atoms with Gasteiger partial charge in [0.1, 0.15) is 0 Å². The Hall–Kier alpha value is -1.28. The number of phosphoric ester groups is 1. The number of carbonyl (C=O) groups is 1. The maximum atomic E-state index is 12.7. The summed E-state index contributed by atoms with van der Waals surface area (Å²) in [5, 5.41) is 13.6. The van der Waals surface area contributed by atoms with Crippen LogP contribution >= 0.6 is 7.82 Å². The van der Waals surface area contributed by atoms with E-state index in [0.717, 1.165) is 38.5 Å². The van der Waals surface area contributed by atoms with E-state index >= 15 is 0 Å². The summed E-state index contributed by atoms with van der Waals surface area (Å²) in [6.45, 7) is 4.10. The predicted molar refractivity (Wildman–Crippen MR) is 217 cm³/mol. The van der Waals surface area contributed by atoms with Crippen molar-refractivity contribution in [1.29, 1.82) is 0 Å². The average molecular weight is 741 g/mol. The van der Waals surface area contributed by atoms with Crippen LogP contribution in [-0.2, 0) is 18.4 Å². The minimum absolute atomic E-state index is 0.0732. The van der Waals surface area contributed by atoms with Gasteiger partial charge in [0.2, 0.25) is 5.91 Å². The zero-order valence-corrected chi connectivity index (χ0v) is 34.0. The van der Waals surface area contributed by atoms with Gasteiger partial charge in [-0.15, -0.1) is 0 Å². The summed E-state index contributed by atoms with van der Waals surface area (Å²) in [5.41, 5.74) is 5.36. The number of allylic oxidation sites excluding steroid dienone is 5.